The van der Waals surface area contributed by atoms with E-state index in [9.17, 15) is 30.0 Å². The predicted molar refractivity (Wildman–Crippen MR) is 273 cm³/mol. The van der Waals surface area contributed by atoms with Crippen LogP contribution in [0, 0.1) is 20.8 Å². The van der Waals surface area contributed by atoms with Crippen LogP contribution in [0.1, 0.15) is 209 Å². The van der Waals surface area contributed by atoms with E-state index in [1.807, 2.05) is 34.6 Å². The smallest absolute Gasteiger partial charge is 0.185 e. The Bertz CT molecular complexity index is 1960. The zero-order valence-electron chi connectivity index (χ0n) is 43.4. The van der Waals surface area contributed by atoms with Crippen LogP contribution < -0.4 is 0 Å². The lowest BCUT2D eigenvalue weighted by atomic mass is 9.82. The zero-order chi connectivity index (χ0) is 48.9. The first-order valence-electron chi connectivity index (χ1n) is 24.0. The van der Waals surface area contributed by atoms with Crippen molar-refractivity contribution in [2.75, 3.05) is 0 Å². The van der Waals surface area contributed by atoms with Crippen molar-refractivity contribution in [3.8, 4) is 11.5 Å². The van der Waals surface area contributed by atoms with Crippen molar-refractivity contribution in [2.24, 2.45) is 0 Å². The second-order valence-corrected chi connectivity index (χ2v) is 20.1. The molecule has 1 aromatic rings. The van der Waals surface area contributed by atoms with Crippen LogP contribution >= 0.6 is 0 Å². The predicted octanol–water partition coefficient (Wildman–Crippen LogP) is 15.4. The molecule has 1 aliphatic rings. The van der Waals surface area contributed by atoms with Crippen molar-refractivity contribution in [1.82, 2.24) is 0 Å². The number of benzene rings is 1. The van der Waals surface area contributed by atoms with Gasteiger partial charge in [-0.05, 0) is 230 Å². The van der Waals surface area contributed by atoms with E-state index in [1.165, 1.54) is 33.4 Å². The van der Waals surface area contributed by atoms with Crippen molar-refractivity contribution in [3.05, 3.63) is 114 Å². The van der Waals surface area contributed by atoms with Crippen molar-refractivity contribution in [3.63, 3.8) is 0 Å². The quantitative estimate of drug-likeness (QED) is 0.0467. The Balaban J connectivity index is 0.000000640. The molecule has 1 aliphatic carbocycles. The number of carbonyl (C=O) groups is 2. The zero-order valence-corrected chi connectivity index (χ0v) is 43.4. The highest BCUT2D eigenvalue weighted by molar-refractivity contribution is 6.24. The molecule has 4 N–H and O–H groups in total. The molecule has 6 nitrogen and oxygen atoms in total. The number of aliphatic hydroxyl groups is 2. The molecule has 0 amide bonds. The summed E-state index contributed by atoms with van der Waals surface area (Å²) in [7, 11) is 0. The molecule has 0 radical (unpaired) electrons. The summed E-state index contributed by atoms with van der Waals surface area (Å²) in [5.74, 6) is 0.398. The van der Waals surface area contributed by atoms with Crippen molar-refractivity contribution in [2.45, 2.75) is 225 Å². The number of ketones is 2. The summed E-state index contributed by atoms with van der Waals surface area (Å²) >= 11 is 0. The van der Waals surface area contributed by atoms with E-state index < -0.39 is 11.2 Å². The Morgan fingerprint density at radius 3 is 1.19 bits per heavy atom. The summed E-state index contributed by atoms with van der Waals surface area (Å²) in [5, 5.41) is 42.5. The van der Waals surface area contributed by atoms with Crippen LogP contribution in [0.4, 0.5) is 0 Å². The number of aromatic hydroxyl groups is 2. The summed E-state index contributed by atoms with van der Waals surface area (Å²) in [6.07, 6.45) is 27.4. The molecular weight excluding hydrogens is 793 g/mol. The van der Waals surface area contributed by atoms with Crippen LogP contribution in [0.2, 0.25) is 0 Å². The Labute approximate surface area is 390 Å². The van der Waals surface area contributed by atoms with Crippen LogP contribution in [0.15, 0.2) is 92.2 Å². The van der Waals surface area contributed by atoms with Gasteiger partial charge in [0.1, 0.15) is 11.5 Å². The van der Waals surface area contributed by atoms with Gasteiger partial charge in [0, 0.05) is 27.9 Å². The highest BCUT2D eigenvalue weighted by Gasteiger charge is 2.30. The van der Waals surface area contributed by atoms with Crippen LogP contribution in [-0.4, -0.2) is 43.2 Å². The van der Waals surface area contributed by atoms with E-state index in [-0.39, 0.29) is 23.1 Å². The van der Waals surface area contributed by atoms with Crippen LogP contribution in [0.5, 0.6) is 11.5 Å². The highest BCUT2D eigenvalue weighted by Crippen LogP contribution is 2.38. The highest BCUT2D eigenvalue weighted by atomic mass is 16.3. The Morgan fingerprint density at radius 2 is 0.781 bits per heavy atom. The van der Waals surface area contributed by atoms with E-state index in [2.05, 4.69) is 91.8 Å². The van der Waals surface area contributed by atoms with Crippen LogP contribution in [0.25, 0.3) is 0 Å². The van der Waals surface area contributed by atoms with E-state index >= 15 is 0 Å². The maximum atomic E-state index is 12.6. The molecule has 2 unspecified atom stereocenters. The van der Waals surface area contributed by atoms with E-state index in [1.54, 1.807) is 20.8 Å². The molecule has 1 aromatic carbocycles. The number of rotatable bonds is 24. The fraction of sp³-hybridized carbons (Fsp3) is 0.586. The summed E-state index contributed by atoms with van der Waals surface area (Å²) in [6, 6.07) is 0. The molecule has 0 spiro atoms. The standard InChI is InChI=1S/C29H46O3.C29H44O3/c2*1-20(2)12-9-13-21(3)14-10-15-22(4)16-11-18-29(8,32)19-17-26-25(7)27(30)23(5)24(6)28(26)31/h12,14,16,30-32H,9-11,13,15,17-19H2,1-8H3;12,14,16,32H,9-11,13,15,17-19H2,1-8H3/b2*21-14+,22-16+. The second kappa shape index (κ2) is 28.1. The van der Waals surface area contributed by atoms with Crippen LogP contribution in [0.3, 0.4) is 0 Å². The first-order chi connectivity index (χ1) is 29.7. The van der Waals surface area contributed by atoms with E-state index in [0.717, 1.165) is 69.8 Å². The molecular formula is C58H90O6. The maximum absolute atomic E-state index is 12.6. The number of allylic oxidation sites excluding steroid dienone is 16. The third kappa shape index (κ3) is 21.3. The Hall–Kier alpha value is -4.00. The van der Waals surface area contributed by atoms with Gasteiger partial charge in [-0.2, -0.15) is 0 Å². The first-order valence-corrected chi connectivity index (χ1v) is 24.0. The third-order valence-electron chi connectivity index (χ3n) is 13.1. The number of carbonyl (C=O) groups excluding carboxylic acids is 2. The number of Topliss-reactive ketones (excluding diaryl/α,β-unsaturated/α-hetero) is 2. The normalized spacial score (nSPS) is 16.1. The number of hydrogen-bond acceptors (Lipinski definition) is 6. The molecule has 0 aliphatic heterocycles. The molecule has 2 rings (SSSR count). The summed E-state index contributed by atoms with van der Waals surface area (Å²) in [4.78, 5) is 24.9. The second-order valence-electron chi connectivity index (χ2n) is 20.1. The van der Waals surface area contributed by atoms with Gasteiger partial charge in [0.2, 0.25) is 0 Å². The lowest BCUT2D eigenvalue weighted by molar-refractivity contribution is -0.116. The maximum Gasteiger partial charge on any atom is 0.185 e. The van der Waals surface area contributed by atoms with Gasteiger partial charge in [0.05, 0.1) is 11.2 Å². The van der Waals surface area contributed by atoms with Crippen LogP contribution in [-0.2, 0) is 16.0 Å². The fourth-order valence-electron chi connectivity index (χ4n) is 7.92. The first kappa shape index (κ1) is 58.0. The summed E-state index contributed by atoms with van der Waals surface area (Å²) in [6.45, 7) is 31.6. The monoisotopic (exact) mass is 883 g/mol. The molecule has 2 atom stereocenters. The van der Waals surface area contributed by atoms with Gasteiger partial charge in [0.15, 0.2) is 11.6 Å². The van der Waals surface area contributed by atoms with Gasteiger partial charge in [-0.3, -0.25) is 9.59 Å². The topological polar surface area (TPSA) is 115 Å². The van der Waals surface area contributed by atoms with Crippen molar-refractivity contribution in [1.29, 1.82) is 0 Å². The minimum atomic E-state index is -0.862. The molecule has 0 heterocycles. The molecule has 0 saturated heterocycles. The van der Waals surface area contributed by atoms with Crippen molar-refractivity contribution >= 4 is 11.6 Å². The van der Waals surface area contributed by atoms with E-state index in [4.69, 9.17) is 0 Å². The minimum Gasteiger partial charge on any atom is -0.507 e. The average Bonchev–Trinajstić information content (AvgIpc) is 3.20. The molecule has 6 heteroatoms. The Morgan fingerprint density at radius 1 is 0.438 bits per heavy atom. The van der Waals surface area contributed by atoms with Gasteiger partial charge < -0.3 is 20.4 Å². The lowest BCUT2D eigenvalue weighted by Crippen LogP contribution is -2.26. The number of phenols is 2. The van der Waals surface area contributed by atoms with E-state index in [0.29, 0.717) is 77.5 Å². The van der Waals surface area contributed by atoms with Gasteiger partial charge in [-0.25, -0.2) is 0 Å². The van der Waals surface area contributed by atoms with Gasteiger partial charge in [-0.15, -0.1) is 0 Å². The average molecular weight is 883 g/mol. The molecule has 0 fully saturated rings. The lowest BCUT2D eigenvalue weighted by Gasteiger charge is -2.25. The minimum absolute atomic E-state index is 0.0449. The van der Waals surface area contributed by atoms with Gasteiger partial charge in [-0.1, -0.05) is 69.9 Å². The summed E-state index contributed by atoms with van der Waals surface area (Å²) < 4.78 is 0. The fourth-order valence-corrected chi connectivity index (χ4v) is 7.92. The number of phenolic OH excluding ortho intramolecular Hbond substituents is 2. The molecule has 0 bridgehead atoms. The largest absolute Gasteiger partial charge is 0.507 e. The molecule has 0 saturated carbocycles. The molecule has 64 heavy (non-hydrogen) atoms. The molecule has 0 aromatic heterocycles. The van der Waals surface area contributed by atoms with Gasteiger partial charge in [0.25, 0.3) is 0 Å². The SMILES string of the molecule is CC(C)=CCC/C(C)=C/CC/C(C)=C/CCC(C)(O)CCC1=C(C)C(=O)C(C)=C(C)C1=O.CC(C)=CCC/C(C)=C/CC/C(C)=C/CCC(C)(O)CCc1c(C)c(O)c(C)c(C)c1O. The number of hydrogen-bond donors (Lipinski definition) is 4. The van der Waals surface area contributed by atoms with Gasteiger partial charge >= 0.3 is 0 Å². The molecule has 358 valence electrons. The summed E-state index contributed by atoms with van der Waals surface area (Å²) in [5.41, 5.74) is 11.7. The Kier molecular flexibility index (Phi) is 25.5. The third-order valence-corrected chi connectivity index (χ3v) is 13.1. The van der Waals surface area contributed by atoms with Crippen molar-refractivity contribution < 1.29 is 30.0 Å².